The summed E-state index contributed by atoms with van der Waals surface area (Å²) in [7, 11) is 2.10. The van der Waals surface area contributed by atoms with E-state index in [-0.39, 0.29) is 0 Å². The Balaban J connectivity index is 2.29. The molecule has 2 rings (SSSR count). The summed E-state index contributed by atoms with van der Waals surface area (Å²) in [4.78, 5) is 2.22. The van der Waals surface area contributed by atoms with Gasteiger partial charge in [-0.25, -0.2) is 0 Å². The van der Waals surface area contributed by atoms with E-state index in [1.54, 1.807) is 11.8 Å². The summed E-state index contributed by atoms with van der Waals surface area (Å²) in [6, 6.07) is 10.4. The lowest BCUT2D eigenvalue weighted by Crippen LogP contribution is -2.17. The third kappa shape index (κ3) is 1.76. The maximum Gasteiger partial charge on any atom is 0.135 e. The van der Waals surface area contributed by atoms with Gasteiger partial charge in [0.1, 0.15) is 4.28 Å². The van der Waals surface area contributed by atoms with Gasteiger partial charge in [0.25, 0.3) is 0 Å². The number of thioether (sulfide) groups is 1. The van der Waals surface area contributed by atoms with Crippen molar-refractivity contribution in [1.82, 2.24) is 4.90 Å². The van der Waals surface area contributed by atoms with Crippen LogP contribution in [0.25, 0.3) is 5.70 Å². The Morgan fingerprint density at radius 1 is 1.31 bits per heavy atom. The van der Waals surface area contributed by atoms with Crippen LogP contribution in [0, 0.1) is 0 Å². The molecule has 3 heteroatoms. The summed E-state index contributed by atoms with van der Waals surface area (Å²) in [5, 5.41) is 2.19. The van der Waals surface area contributed by atoms with Gasteiger partial charge in [-0.15, -0.1) is 0 Å². The Hall–Kier alpha value is -0.410. The summed E-state index contributed by atoms with van der Waals surface area (Å²) in [6.07, 6.45) is 0. The number of hydrogen-bond acceptors (Lipinski definition) is 2. The van der Waals surface area contributed by atoms with Crippen LogP contribution in [0.5, 0.6) is 0 Å². The lowest BCUT2D eigenvalue weighted by molar-refractivity contribution is 0.556. The number of alkyl halides is 1. The Labute approximate surface area is 90.9 Å². The van der Waals surface area contributed by atoms with Gasteiger partial charge in [0.15, 0.2) is 0 Å². The predicted molar refractivity (Wildman–Crippen MR) is 62.5 cm³/mol. The molecule has 0 amide bonds. The van der Waals surface area contributed by atoms with E-state index in [4.69, 9.17) is 0 Å². The minimum atomic E-state index is 0.378. The Morgan fingerprint density at radius 3 is 2.54 bits per heavy atom. The summed E-state index contributed by atoms with van der Waals surface area (Å²) in [5.74, 6) is 0. The normalized spacial score (nSPS) is 21.8. The molecule has 0 spiro atoms. The molecule has 0 N–H and O–H groups in total. The van der Waals surface area contributed by atoms with Crippen molar-refractivity contribution in [1.29, 1.82) is 0 Å². The van der Waals surface area contributed by atoms with E-state index in [1.165, 1.54) is 11.3 Å². The average Bonchev–Trinajstić information content (AvgIpc) is 2.49. The fraction of sp³-hybridized carbons (Fsp3) is 0.200. The van der Waals surface area contributed by atoms with Crippen molar-refractivity contribution in [2.75, 3.05) is 7.05 Å². The van der Waals surface area contributed by atoms with Crippen LogP contribution < -0.4 is 0 Å². The fourth-order valence-electron chi connectivity index (χ4n) is 1.28. The van der Waals surface area contributed by atoms with Gasteiger partial charge >= 0.3 is 0 Å². The molecular formula is C10H10BrNS. The molecule has 1 heterocycles. The van der Waals surface area contributed by atoms with Crippen LogP contribution >= 0.6 is 27.7 Å². The quantitative estimate of drug-likeness (QED) is 0.560. The molecular weight excluding hydrogens is 246 g/mol. The van der Waals surface area contributed by atoms with Crippen molar-refractivity contribution in [3.8, 4) is 0 Å². The van der Waals surface area contributed by atoms with Gasteiger partial charge in [-0.3, -0.25) is 0 Å². The van der Waals surface area contributed by atoms with Crippen molar-refractivity contribution >= 4 is 33.4 Å². The zero-order valence-corrected chi connectivity index (χ0v) is 9.68. The zero-order valence-electron chi connectivity index (χ0n) is 7.27. The first kappa shape index (κ1) is 9.16. The highest BCUT2D eigenvalue weighted by Crippen LogP contribution is 2.37. The minimum absolute atomic E-state index is 0.378. The second kappa shape index (κ2) is 3.76. The van der Waals surface area contributed by atoms with E-state index >= 15 is 0 Å². The summed E-state index contributed by atoms with van der Waals surface area (Å²) in [6.45, 7) is 0. The molecule has 0 aromatic heterocycles. The number of rotatable bonds is 1. The predicted octanol–water partition coefficient (Wildman–Crippen LogP) is 3.34. The molecule has 0 saturated carbocycles. The number of benzene rings is 1. The molecule has 0 aliphatic carbocycles. The summed E-state index contributed by atoms with van der Waals surface area (Å²) in [5.41, 5.74) is 2.56. The van der Waals surface area contributed by atoms with E-state index in [0.29, 0.717) is 4.28 Å². The zero-order chi connectivity index (χ0) is 9.26. The third-order valence-corrected chi connectivity index (χ3v) is 4.21. The van der Waals surface area contributed by atoms with E-state index < -0.39 is 0 Å². The SMILES string of the molecule is CN1C(c2ccccc2)=CSC1Br. The van der Waals surface area contributed by atoms with Crippen LogP contribution in [0.2, 0.25) is 0 Å². The average molecular weight is 256 g/mol. The van der Waals surface area contributed by atoms with E-state index in [9.17, 15) is 0 Å². The Morgan fingerprint density at radius 2 is 2.00 bits per heavy atom. The molecule has 0 radical (unpaired) electrons. The van der Waals surface area contributed by atoms with Gasteiger partial charge in [0.2, 0.25) is 0 Å². The van der Waals surface area contributed by atoms with Gasteiger partial charge in [-0.1, -0.05) is 58.0 Å². The van der Waals surface area contributed by atoms with Crippen molar-refractivity contribution in [2.24, 2.45) is 0 Å². The minimum Gasteiger partial charge on any atom is -0.352 e. The van der Waals surface area contributed by atoms with E-state index in [0.717, 1.165) is 0 Å². The molecule has 1 aromatic rings. The van der Waals surface area contributed by atoms with Gasteiger partial charge in [0, 0.05) is 7.05 Å². The van der Waals surface area contributed by atoms with Crippen LogP contribution in [0.4, 0.5) is 0 Å². The highest BCUT2D eigenvalue weighted by Gasteiger charge is 2.20. The van der Waals surface area contributed by atoms with Crippen LogP contribution in [0.15, 0.2) is 35.7 Å². The number of halogens is 1. The van der Waals surface area contributed by atoms with Gasteiger partial charge in [-0.2, -0.15) is 0 Å². The topological polar surface area (TPSA) is 3.24 Å². The Kier molecular flexibility index (Phi) is 2.65. The lowest BCUT2D eigenvalue weighted by Gasteiger charge is -2.19. The second-order valence-corrected chi connectivity index (χ2v) is 5.34. The molecule has 0 bridgehead atoms. The van der Waals surface area contributed by atoms with Gasteiger partial charge < -0.3 is 4.90 Å². The molecule has 1 aromatic carbocycles. The van der Waals surface area contributed by atoms with Gasteiger partial charge in [-0.05, 0) is 11.0 Å². The first-order valence-corrected chi connectivity index (χ1v) is 5.93. The molecule has 68 valence electrons. The molecule has 13 heavy (non-hydrogen) atoms. The summed E-state index contributed by atoms with van der Waals surface area (Å²) >= 11 is 5.37. The fourth-order valence-corrected chi connectivity index (χ4v) is 2.67. The number of hydrogen-bond donors (Lipinski definition) is 0. The molecule has 1 aliphatic rings. The number of nitrogens with zero attached hydrogens (tertiary/aromatic N) is 1. The third-order valence-electron chi connectivity index (χ3n) is 2.05. The molecule has 1 unspecified atom stereocenters. The van der Waals surface area contributed by atoms with E-state index in [2.05, 4.69) is 57.6 Å². The van der Waals surface area contributed by atoms with Crippen LogP contribution in [-0.4, -0.2) is 16.2 Å². The van der Waals surface area contributed by atoms with Crippen molar-refractivity contribution in [3.05, 3.63) is 41.3 Å². The first-order valence-electron chi connectivity index (χ1n) is 4.07. The maximum atomic E-state index is 3.58. The van der Waals surface area contributed by atoms with Crippen LogP contribution in [0.3, 0.4) is 0 Å². The molecule has 0 saturated heterocycles. The first-order chi connectivity index (χ1) is 6.29. The largest absolute Gasteiger partial charge is 0.352 e. The van der Waals surface area contributed by atoms with E-state index in [1.807, 2.05) is 6.07 Å². The monoisotopic (exact) mass is 255 g/mol. The van der Waals surface area contributed by atoms with Crippen molar-refractivity contribution in [3.63, 3.8) is 0 Å². The molecule has 1 atom stereocenters. The highest BCUT2D eigenvalue weighted by atomic mass is 79.9. The van der Waals surface area contributed by atoms with Crippen molar-refractivity contribution < 1.29 is 0 Å². The van der Waals surface area contributed by atoms with Crippen LogP contribution in [0.1, 0.15) is 5.56 Å². The second-order valence-electron chi connectivity index (χ2n) is 2.91. The summed E-state index contributed by atoms with van der Waals surface area (Å²) < 4.78 is 0.378. The van der Waals surface area contributed by atoms with Gasteiger partial charge in [0.05, 0.1) is 5.70 Å². The molecule has 0 fully saturated rings. The molecule has 1 nitrogen and oxygen atoms in total. The molecule has 1 aliphatic heterocycles. The lowest BCUT2D eigenvalue weighted by atomic mass is 10.2. The maximum absolute atomic E-state index is 3.58. The highest BCUT2D eigenvalue weighted by molar-refractivity contribution is 9.11. The standard InChI is InChI=1S/C10H10BrNS/c1-12-9(7-13-10(12)11)8-5-3-2-4-6-8/h2-7,10H,1H3. The Bertz CT molecular complexity index is 323. The van der Waals surface area contributed by atoms with Crippen molar-refractivity contribution in [2.45, 2.75) is 4.28 Å². The smallest absolute Gasteiger partial charge is 0.135 e. The van der Waals surface area contributed by atoms with Crippen LogP contribution in [-0.2, 0) is 0 Å².